The summed E-state index contributed by atoms with van der Waals surface area (Å²) >= 11 is 0. The summed E-state index contributed by atoms with van der Waals surface area (Å²) in [5, 5.41) is 40.2. The van der Waals surface area contributed by atoms with Gasteiger partial charge in [0.25, 0.3) is 0 Å². The third-order valence-corrected chi connectivity index (χ3v) is 9.94. The quantitative estimate of drug-likeness (QED) is 0.351. The lowest BCUT2D eigenvalue weighted by molar-refractivity contribution is 0.0450. The van der Waals surface area contributed by atoms with Crippen LogP contribution in [-0.2, 0) is 9.47 Å². The van der Waals surface area contributed by atoms with Crippen LogP contribution >= 0.6 is 0 Å². The molecule has 0 bridgehead atoms. The first-order chi connectivity index (χ1) is 13.7. The maximum atomic E-state index is 12.3. The Labute approximate surface area is 178 Å². The van der Waals surface area contributed by atoms with Gasteiger partial charge in [0.1, 0.15) is 13.2 Å². The molecule has 0 spiro atoms. The fourth-order valence-electron chi connectivity index (χ4n) is 3.25. The van der Waals surface area contributed by atoms with Gasteiger partial charge in [-0.15, -0.1) is 0 Å². The first-order valence-corrected chi connectivity index (χ1v) is 16.9. The minimum absolute atomic E-state index is 0.0675. The summed E-state index contributed by atoms with van der Waals surface area (Å²) in [6.45, 7) is 12.1. The van der Waals surface area contributed by atoms with Gasteiger partial charge < -0.3 is 29.9 Å². The Bertz CT molecular complexity index is 771. The Hall–Kier alpha value is -2.54. The third-order valence-electron chi connectivity index (χ3n) is 5.09. The van der Waals surface area contributed by atoms with Crippen LogP contribution in [0.1, 0.15) is 11.3 Å². The van der Waals surface area contributed by atoms with Crippen molar-refractivity contribution in [3.8, 4) is 23.5 Å². The van der Waals surface area contributed by atoms with Crippen molar-refractivity contribution in [1.82, 2.24) is 9.13 Å². The van der Waals surface area contributed by atoms with Crippen molar-refractivity contribution < 1.29 is 34.7 Å². The van der Waals surface area contributed by atoms with Gasteiger partial charge in [-0.3, -0.25) is 9.13 Å². The average molecular weight is 457 g/mol. The molecule has 2 aromatic rings. The number of hydrogen-bond acceptors (Lipinski definition) is 7. The zero-order chi connectivity index (χ0) is 22.9. The summed E-state index contributed by atoms with van der Waals surface area (Å²) in [7, 11) is -4.01. The van der Waals surface area contributed by atoms with Gasteiger partial charge in [0.2, 0.25) is 0 Å². The van der Waals surface area contributed by atoms with E-state index in [1.807, 2.05) is 39.3 Å². The first kappa shape index (κ1) is 23.7. The molecular weight excluding hydrogens is 424 g/mol. The molecule has 30 heavy (non-hydrogen) atoms. The normalized spacial score (nSPS) is 14.3. The molecule has 0 aromatic carbocycles. The highest BCUT2D eigenvalue weighted by Gasteiger charge is 2.35. The monoisotopic (exact) mass is 456 g/mol. The van der Waals surface area contributed by atoms with Crippen LogP contribution in [0.15, 0.2) is 24.3 Å². The Morgan fingerprint density at radius 2 is 1.00 bits per heavy atom. The van der Waals surface area contributed by atoms with E-state index in [9.17, 15) is 25.2 Å². The number of nitrogens with zero attached hydrogens (tertiary/aromatic N) is 2. The minimum Gasteiger partial charge on any atom is -0.494 e. The number of rotatable bonds is 8. The lowest BCUT2D eigenvalue weighted by atomic mass is 10.6. The van der Waals surface area contributed by atoms with Gasteiger partial charge in [-0.2, -0.15) is 0 Å². The molecule has 0 aliphatic carbocycles. The summed E-state index contributed by atoms with van der Waals surface area (Å²) in [6.07, 6.45) is -0.890. The number of aromatic nitrogens is 2. The Kier molecular flexibility index (Phi) is 6.87. The topological polar surface area (TPSA) is 126 Å². The Morgan fingerprint density at radius 1 is 0.733 bits per heavy atom. The molecule has 168 valence electrons. The molecule has 2 rings (SSSR count). The molecule has 2 aromatic heterocycles. The Balaban J connectivity index is 2.08. The van der Waals surface area contributed by atoms with E-state index < -0.39 is 33.6 Å². The minimum atomic E-state index is -2.01. The average Bonchev–Trinajstić information content (AvgIpc) is 3.09. The highest BCUT2D eigenvalue weighted by Crippen LogP contribution is 2.34. The van der Waals surface area contributed by atoms with E-state index >= 15 is 0 Å². The van der Waals surface area contributed by atoms with Gasteiger partial charge in [-0.1, -0.05) is 39.3 Å². The first-order valence-electron chi connectivity index (χ1n) is 9.71. The van der Waals surface area contributed by atoms with E-state index in [1.165, 1.54) is 33.4 Å². The van der Waals surface area contributed by atoms with E-state index in [2.05, 4.69) is 0 Å². The van der Waals surface area contributed by atoms with Gasteiger partial charge in [0.05, 0.1) is 27.5 Å². The smallest absolute Gasteiger partial charge is 0.494 e. The molecule has 4 N–H and O–H groups in total. The molecule has 0 saturated heterocycles. The van der Waals surface area contributed by atoms with Gasteiger partial charge in [-0.25, -0.2) is 4.79 Å². The van der Waals surface area contributed by atoms with Crippen LogP contribution < -0.4 is 0 Å². The number of hydrogen-bond donors (Lipinski definition) is 4. The lowest BCUT2D eigenvalue weighted by Gasteiger charge is -2.32. The van der Waals surface area contributed by atoms with Crippen LogP contribution in [0.5, 0.6) is 23.5 Å². The molecule has 11 heteroatoms. The van der Waals surface area contributed by atoms with Crippen LogP contribution in [0.2, 0.25) is 39.3 Å². The van der Waals surface area contributed by atoms with Gasteiger partial charge in [-0.05, 0) is 0 Å². The largest absolute Gasteiger partial charge is 0.508 e. The second-order valence-corrected chi connectivity index (χ2v) is 20.3. The molecule has 0 aliphatic heterocycles. The van der Waals surface area contributed by atoms with E-state index in [-0.39, 0.29) is 36.7 Å². The van der Waals surface area contributed by atoms with Crippen molar-refractivity contribution in [2.75, 3.05) is 13.2 Å². The fraction of sp³-hybridized carbons (Fsp3) is 0.526. The second-order valence-electron chi connectivity index (χ2n) is 9.48. The molecule has 9 nitrogen and oxygen atoms in total. The van der Waals surface area contributed by atoms with E-state index in [4.69, 9.17) is 9.47 Å². The van der Waals surface area contributed by atoms with Crippen LogP contribution in [0.25, 0.3) is 0 Å². The standard InChI is InChI=1S/C19H32N2O7Si2/c1-29(2,3)17(20-13(22)7-8-14(20)23)11-27-19(26)28-12-18(30(4,5)6)21-15(24)9-10-16(21)25/h7-10,17-18,22-25H,11-12H2,1-6H3. The van der Waals surface area contributed by atoms with Crippen LogP contribution in [0, 0.1) is 0 Å². The zero-order valence-corrected chi connectivity index (χ0v) is 20.3. The molecule has 2 unspecified atom stereocenters. The molecule has 0 saturated carbocycles. The molecule has 2 heterocycles. The second kappa shape index (κ2) is 8.68. The number of carbonyl (C=O) groups excluding carboxylic acids is 1. The number of carbonyl (C=O) groups is 1. The summed E-state index contributed by atoms with van der Waals surface area (Å²) in [5.74, 6) is -0.410. The summed E-state index contributed by atoms with van der Waals surface area (Å²) < 4.78 is 13.4. The predicted octanol–water partition coefficient (Wildman–Crippen LogP) is 3.80. The maximum Gasteiger partial charge on any atom is 0.508 e. The van der Waals surface area contributed by atoms with Gasteiger partial charge in [0.15, 0.2) is 23.5 Å². The SMILES string of the molecule is C[Si](C)(C)C(COC(=O)OCC(n1c(O)ccc1O)[Si](C)(C)C)n1c(O)ccc1O. The zero-order valence-electron chi connectivity index (χ0n) is 18.3. The van der Waals surface area contributed by atoms with Crippen molar-refractivity contribution in [1.29, 1.82) is 0 Å². The molecule has 0 aliphatic rings. The summed E-state index contributed by atoms with van der Waals surface area (Å²) in [6, 6.07) is 5.54. The van der Waals surface area contributed by atoms with Crippen LogP contribution in [0.3, 0.4) is 0 Å². The van der Waals surface area contributed by atoms with E-state index in [1.54, 1.807) is 0 Å². The number of aromatic hydroxyl groups is 4. The highest BCUT2D eigenvalue weighted by atomic mass is 28.3. The fourth-order valence-corrected chi connectivity index (χ4v) is 6.50. The van der Waals surface area contributed by atoms with Crippen LogP contribution in [0.4, 0.5) is 4.79 Å². The third kappa shape index (κ3) is 5.33. The molecule has 0 amide bonds. The van der Waals surface area contributed by atoms with E-state index in [0.717, 1.165) is 0 Å². The number of ether oxygens (including phenoxy) is 2. The Morgan fingerprint density at radius 3 is 1.23 bits per heavy atom. The van der Waals surface area contributed by atoms with Crippen molar-refractivity contribution in [3.05, 3.63) is 24.3 Å². The molecule has 0 radical (unpaired) electrons. The van der Waals surface area contributed by atoms with Crippen molar-refractivity contribution in [2.45, 2.75) is 50.6 Å². The molecule has 2 atom stereocenters. The highest BCUT2D eigenvalue weighted by molar-refractivity contribution is 6.77. The van der Waals surface area contributed by atoms with Crippen LogP contribution in [-0.4, -0.2) is 65.1 Å². The van der Waals surface area contributed by atoms with Crippen molar-refractivity contribution >= 4 is 22.3 Å². The van der Waals surface area contributed by atoms with Crippen molar-refractivity contribution in [2.24, 2.45) is 0 Å². The lowest BCUT2D eigenvalue weighted by Crippen LogP contribution is -2.40. The van der Waals surface area contributed by atoms with E-state index in [0.29, 0.717) is 0 Å². The van der Waals surface area contributed by atoms with Crippen molar-refractivity contribution in [3.63, 3.8) is 0 Å². The maximum absolute atomic E-state index is 12.3. The predicted molar refractivity (Wildman–Crippen MR) is 118 cm³/mol. The van der Waals surface area contributed by atoms with Gasteiger partial charge >= 0.3 is 6.16 Å². The summed E-state index contributed by atoms with van der Waals surface area (Å²) in [4.78, 5) is 12.3. The summed E-state index contributed by atoms with van der Waals surface area (Å²) in [5.41, 5.74) is -0.796. The molecular formula is C19H32N2O7Si2. The molecule has 0 fully saturated rings. The van der Waals surface area contributed by atoms with Gasteiger partial charge in [0, 0.05) is 24.3 Å².